The highest BCUT2D eigenvalue weighted by atomic mass is 79.9. The minimum absolute atomic E-state index is 0.0233. The molecule has 1 rings (SSSR count). The molecule has 0 spiro atoms. The lowest BCUT2D eigenvalue weighted by molar-refractivity contribution is -0.0501. The van der Waals surface area contributed by atoms with Gasteiger partial charge in [-0.1, -0.05) is 39.1 Å². The minimum atomic E-state index is -3.03. The molecule has 0 atom stereocenters. The number of halogens is 5. The fraction of sp³-hybridized carbons (Fsp3) is 0.222. The first kappa shape index (κ1) is 13.7. The summed E-state index contributed by atoms with van der Waals surface area (Å²) in [4.78, 5) is 11.4. The third-order valence-corrected chi connectivity index (χ3v) is 2.89. The van der Waals surface area contributed by atoms with E-state index in [0.717, 1.165) is 6.07 Å². The summed E-state index contributed by atoms with van der Waals surface area (Å²) in [5.41, 5.74) is -0.0356. The summed E-state index contributed by atoms with van der Waals surface area (Å²) in [6, 6.07) is 2.29. The predicted octanol–water partition coefficient (Wildman–Crippen LogP) is 4.17. The topological polar surface area (TPSA) is 26.3 Å². The first-order valence-electron chi connectivity index (χ1n) is 3.98. The zero-order valence-electron chi connectivity index (χ0n) is 7.65. The number of ketones is 1. The van der Waals surface area contributed by atoms with Crippen molar-refractivity contribution < 1.29 is 18.3 Å². The van der Waals surface area contributed by atoms with Crippen LogP contribution >= 0.6 is 39.1 Å². The highest BCUT2D eigenvalue weighted by Gasteiger charge is 2.17. The number of ether oxygens (including phenoxy) is 1. The second kappa shape index (κ2) is 5.80. The van der Waals surface area contributed by atoms with Crippen LogP contribution in [0.5, 0.6) is 5.75 Å². The van der Waals surface area contributed by atoms with Gasteiger partial charge in [0.25, 0.3) is 0 Å². The maximum atomic E-state index is 12.1. The Morgan fingerprint density at radius 3 is 2.44 bits per heavy atom. The van der Waals surface area contributed by atoms with E-state index in [-0.39, 0.29) is 26.7 Å². The monoisotopic (exact) mass is 332 g/mol. The zero-order chi connectivity index (χ0) is 12.3. The van der Waals surface area contributed by atoms with Crippen molar-refractivity contribution >= 4 is 44.9 Å². The normalized spacial score (nSPS) is 10.6. The molecule has 0 fully saturated rings. The van der Waals surface area contributed by atoms with Crippen molar-refractivity contribution in [1.82, 2.24) is 0 Å². The van der Waals surface area contributed by atoms with Crippen LogP contribution in [0.2, 0.25) is 10.0 Å². The Bertz CT molecular complexity index is 413. The predicted molar refractivity (Wildman–Crippen MR) is 61.2 cm³/mol. The van der Waals surface area contributed by atoms with Crippen LogP contribution in [0.4, 0.5) is 8.78 Å². The van der Waals surface area contributed by atoms with E-state index in [1.54, 1.807) is 0 Å². The number of hydrogen-bond acceptors (Lipinski definition) is 2. The van der Waals surface area contributed by atoms with Gasteiger partial charge in [-0.25, -0.2) is 0 Å². The summed E-state index contributed by atoms with van der Waals surface area (Å²) in [5.74, 6) is -0.705. The average Bonchev–Trinajstić information content (AvgIpc) is 2.21. The average molecular weight is 334 g/mol. The molecule has 0 N–H and O–H groups in total. The molecule has 1 aromatic carbocycles. The number of rotatable bonds is 4. The minimum Gasteiger partial charge on any atom is -0.434 e. The van der Waals surface area contributed by atoms with Crippen LogP contribution in [0, 0.1) is 0 Å². The Morgan fingerprint density at radius 2 is 1.94 bits per heavy atom. The molecule has 7 heteroatoms. The van der Waals surface area contributed by atoms with Crippen molar-refractivity contribution in [2.24, 2.45) is 0 Å². The standard InChI is InChI=1S/C9H5BrCl2F2O2/c10-3-7(15)4-1-5(11)6(12)2-8(4)16-9(13)14/h1-2,9H,3H2. The van der Waals surface area contributed by atoms with E-state index < -0.39 is 12.4 Å². The van der Waals surface area contributed by atoms with E-state index in [0.29, 0.717) is 0 Å². The lowest BCUT2D eigenvalue weighted by atomic mass is 10.1. The van der Waals surface area contributed by atoms with Crippen molar-refractivity contribution in [1.29, 1.82) is 0 Å². The van der Waals surface area contributed by atoms with Crippen LogP contribution < -0.4 is 4.74 Å². The first-order valence-corrected chi connectivity index (χ1v) is 5.86. The molecule has 2 nitrogen and oxygen atoms in total. The quantitative estimate of drug-likeness (QED) is 0.610. The highest BCUT2D eigenvalue weighted by Crippen LogP contribution is 2.32. The third kappa shape index (κ3) is 3.30. The van der Waals surface area contributed by atoms with Gasteiger partial charge in [-0.3, -0.25) is 4.79 Å². The molecule has 1 aromatic rings. The molecule has 0 aliphatic carbocycles. The molecule has 0 radical (unpaired) electrons. The molecule has 0 aliphatic rings. The van der Waals surface area contributed by atoms with E-state index in [2.05, 4.69) is 20.7 Å². The van der Waals surface area contributed by atoms with Gasteiger partial charge in [-0.2, -0.15) is 8.78 Å². The van der Waals surface area contributed by atoms with Crippen molar-refractivity contribution in [3.05, 3.63) is 27.7 Å². The van der Waals surface area contributed by atoms with Crippen LogP contribution in [0.1, 0.15) is 10.4 Å². The maximum absolute atomic E-state index is 12.1. The van der Waals surface area contributed by atoms with Crippen molar-refractivity contribution in [3.63, 3.8) is 0 Å². The molecular weight excluding hydrogens is 329 g/mol. The molecule has 0 aliphatic heterocycles. The Labute approximate surface area is 109 Å². The number of alkyl halides is 3. The van der Waals surface area contributed by atoms with Gasteiger partial charge in [-0.15, -0.1) is 0 Å². The van der Waals surface area contributed by atoms with E-state index >= 15 is 0 Å². The maximum Gasteiger partial charge on any atom is 0.387 e. The summed E-state index contributed by atoms with van der Waals surface area (Å²) in [7, 11) is 0. The fourth-order valence-corrected chi connectivity index (χ4v) is 1.63. The SMILES string of the molecule is O=C(CBr)c1cc(Cl)c(Cl)cc1OC(F)F. The van der Waals surface area contributed by atoms with E-state index in [9.17, 15) is 13.6 Å². The van der Waals surface area contributed by atoms with Crippen LogP contribution in [-0.4, -0.2) is 17.7 Å². The van der Waals surface area contributed by atoms with Gasteiger partial charge in [-0.05, 0) is 6.07 Å². The van der Waals surface area contributed by atoms with Gasteiger partial charge in [0, 0.05) is 6.07 Å². The van der Waals surface area contributed by atoms with Crippen LogP contribution in [-0.2, 0) is 0 Å². The van der Waals surface area contributed by atoms with Crippen LogP contribution in [0.3, 0.4) is 0 Å². The Kier molecular flexibility index (Phi) is 4.95. The second-order valence-corrected chi connectivity index (χ2v) is 4.07. The summed E-state index contributed by atoms with van der Waals surface area (Å²) in [6.07, 6.45) is 0. The molecule has 88 valence electrons. The fourth-order valence-electron chi connectivity index (χ4n) is 1.01. The van der Waals surface area contributed by atoms with E-state index in [1.807, 2.05) is 0 Å². The number of benzene rings is 1. The summed E-state index contributed by atoms with van der Waals surface area (Å²) in [6.45, 7) is -3.03. The Balaban J connectivity index is 3.21. The van der Waals surface area contributed by atoms with Crippen molar-refractivity contribution in [2.75, 3.05) is 5.33 Å². The lowest BCUT2D eigenvalue weighted by Gasteiger charge is -2.10. The number of carbonyl (C=O) groups excluding carboxylic acids is 1. The summed E-state index contributed by atoms with van der Waals surface area (Å²) >= 11 is 14.2. The van der Waals surface area contributed by atoms with Gasteiger partial charge in [0.2, 0.25) is 0 Å². The molecule has 0 saturated carbocycles. The highest BCUT2D eigenvalue weighted by molar-refractivity contribution is 9.09. The third-order valence-electron chi connectivity index (χ3n) is 1.66. The van der Waals surface area contributed by atoms with Crippen molar-refractivity contribution in [2.45, 2.75) is 6.61 Å². The molecule has 0 amide bonds. The largest absolute Gasteiger partial charge is 0.434 e. The van der Waals surface area contributed by atoms with Gasteiger partial charge in [0.15, 0.2) is 5.78 Å². The van der Waals surface area contributed by atoms with Crippen LogP contribution in [0.15, 0.2) is 12.1 Å². The summed E-state index contributed by atoms with van der Waals surface area (Å²) in [5, 5.41) is 0.126. The zero-order valence-corrected chi connectivity index (χ0v) is 10.7. The van der Waals surface area contributed by atoms with Gasteiger partial charge in [0.05, 0.1) is 20.9 Å². The first-order chi connectivity index (χ1) is 7.45. The summed E-state index contributed by atoms with van der Waals surface area (Å²) < 4.78 is 28.3. The lowest BCUT2D eigenvalue weighted by Crippen LogP contribution is -2.09. The Hall–Kier alpha value is -0.390. The second-order valence-electron chi connectivity index (χ2n) is 2.70. The van der Waals surface area contributed by atoms with Gasteiger partial charge >= 0.3 is 6.61 Å². The molecular formula is C9H5BrCl2F2O2. The number of hydrogen-bond donors (Lipinski definition) is 0. The van der Waals surface area contributed by atoms with E-state index in [1.165, 1.54) is 6.07 Å². The molecule has 0 aromatic heterocycles. The molecule has 0 unspecified atom stereocenters. The molecule has 0 heterocycles. The molecule has 0 saturated heterocycles. The number of Topliss-reactive ketones (excluding diaryl/α,β-unsaturated/α-hetero) is 1. The van der Waals surface area contributed by atoms with Crippen LogP contribution in [0.25, 0.3) is 0 Å². The molecule has 16 heavy (non-hydrogen) atoms. The Morgan fingerprint density at radius 1 is 1.38 bits per heavy atom. The van der Waals surface area contributed by atoms with E-state index in [4.69, 9.17) is 23.2 Å². The smallest absolute Gasteiger partial charge is 0.387 e. The van der Waals surface area contributed by atoms with Gasteiger partial charge in [0.1, 0.15) is 5.75 Å². The number of carbonyl (C=O) groups is 1. The molecule has 0 bridgehead atoms. The van der Waals surface area contributed by atoms with Gasteiger partial charge < -0.3 is 4.74 Å². The van der Waals surface area contributed by atoms with Crippen molar-refractivity contribution in [3.8, 4) is 5.75 Å².